The first-order chi connectivity index (χ1) is 47.4. The van der Waals surface area contributed by atoms with Gasteiger partial charge in [0.2, 0.25) is 0 Å². The Morgan fingerprint density at radius 2 is 0.520 bits per heavy atom. The molecule has 19 heteroatoms. The van der Waals surface area contributed by atoms with Gasteiger partial charge in [0, 0.05) is 25.7 Å². The van der Waals surface area contributed by atoms with Gasteiger partial charge in [-0.15, -0.1) is 0 Å². The van der Waals surface area contributed by atoms with E-state index in [2.05, 4.69) is 41.5 Å². The summed E-state index contributed by atoms with van der Waals surface area (Å²) in [6.45, 7) is 9.65. The first kappa shape index (κ1) is 96.1. The molecule has 0 saturated carbocycles. The van der Waals surface area contributed by atoms with Crippen molar-refractivity contribution < 1.29 is 80.2 Å². The van der Waals surface area contributed by atoms with Gasteiger partial charge in [-0.1, -0.05) is 363 Å². The molecular formula is C79H154O17P2. The molecule has 0 bridgehead atoms. The topological polar surface area (TPSA) is 237 Å². The van der Waals surface area contributed by atoms with Gasteiger partial charge in [-0.25, -0.2) is 9.13 Å². The highest BCUT2D eigenvalue weighted by molar-refractivity contribution is 7.47. The number of carbonyl (C=O) groups excluding carboxylic acids is 4. The smallest absolute Gasteiger partial charge is 0.462 e. The van der Waals surface area contributed by atoms with Crippen molar-refractivity contribution in [3.8, 4) is 0 Å². The van der Waals surface area contributed by atoms with Gasteiger partial charge in [0.05, 0.1) is 26.4 Å². The summed E-state index contributed by atoms with van der Waals surface area (Å²) in [4.78, 5) is 72.8. The predicted molar refractivity (Wildman–Crippen MR) is 400 cm³/mol. The SMILES string of the molecule is CCCCCCCCCCCCCCCCCC(=O)OC[C@H](COP(=O)(O)OC[C@@H](O)COP(=O)(O)OC[C@@H](COC(=O)CCCCCCCCCC)OC(=O)CCCCCCCCCCCCC(C)CC)OC(=O)CCCCCCCCCCCCCCCCCCCCC(C)C. The molecule has 3 unspecified atom stereocenters. The number of aliphatic hydroxyl groups excluding tert-OH is 1. The number of phosphoric acid groups is 2. The maximum Gasteiger partial charge on any atom is 0.472 e. The van der Waals surface area contributed by atoms with Crippen LogP contribution in [0.1, 0.15) is 414 Å². The van der Waals surface area contributed by atoms with Crippen LogP contribution in [0.5, 0.6) is 0 Å². The largest absolute Gasteiger partial charge is 0.472 e. The van der Waals surface area contributed by atoms with E-state index in [-0.39, 0.29) is 25.7 Å². The molecule has 0 spiro atoms. The molecule has 0 rings (SSSR count). The van der Waals surface area contributed by atoms with Gasteiger partial charge < -0.3 is 33.8 Å². The second-order valence-electron chi connectivity index (χ2n) is 29.2. The van der Waals surface area contributed by atoms with E-state index in [4.69, 9.17) is 37.0 Å². The van der Waals surface area contributed by atoms with Gasteiger partial charge in [-0.05, 0) is 37.5 Å². The van der Waals surface area contributed by atoms with Crippen molar-refractivity contribution in [2.45, 2.75) is 432 Å². The number of rotatable bonds is 78. The van der Waals surface area contributed by atoms with E-state index in [1.165, 1.54) is 225 Å². The molecular weight excluding hydrogens is 1280 g/mol. The van der Waals surface area contributed by atoms with Gasteiger partial charge in [0.25, 0.3) is 0 Å². The average molecular weight is 1440 g/mol. The Morgan fingerprint density at radius 1 is 0.296 bits per heavy atom. The minimum Gasteiger partial charge on any atom is -0.462 e. The average Bonchev–Trinajstić information content (AvgIpc) is 3.46. The van der Waals surface area contributed by atoms with Crippen molar-refractivity contribution in [2.75, 3.05) is 39.6 Å². The zero-order valence-corrected chi connectivity index (χ0v) is 65.9. The highest BCUT2D eigenvalue weighted by Gasteiger charge is 2.30. The van der Waals surface area contributed by atoms with E-state index in [1.54, 1.807) is 0 Å². The molecule has 582 valence electrons. The molecule has 3 N–H and O–H groups in total. The Labute approximate surface area is 600 Å². The molecule has 0 aromatic carbocycles. The minimum absolute atomic E-state index is 0.106. The summed E-state index contributed by atoms with van der Waals surface area (Å²) in [6.07, 6.45) is 59.7. The fraction of sp³-hybridized carbons (Fsp3) is 0.949. The first-order valence-corrected chi connectivity index (χ1v) is 44.0. The van der Waals surface area contributed by atoms with Crippen LogP contribution in [-0.4, -0.2) is 96.7 Å². The fourth-order valence-electron chi connectivity index (χ4n) is 12.2. The molecule has 0 radical (unpaired) electrons. The van der Waals surface area contributed by atoms with Crippen LogP contribution in [0.3, 0.4) is 0 Å². The van der Waals surface area contributed by atoms with Crippen LogP contribution < -0.4 is 0 Å². The van der Waals surface area contributed by atoms with Crippen molar-refractivity contribution in [3.05, 3.63) is 0 Å². The molecule has 0 aliphatic rings. The standard InChI is InChI=1S/C79H154O17P2/c1-7-10-12-14-16-18-19-20-25-29-32-38-44-50-56-62-77(82)90-68-75(96-78(83)63-57-51-45-39-33-30-27-24-22-21-23-26-28-31-36-41-47-53-59-71(4)5)70-94-98(87,88)92-66-73(80)65-91-97(85,86)93-69-74(67-89-76(81)61-55-49-43-17-15-13-11-8-2)95-79(84)64-58-52-46-40-35-34-37-42-48-54-60-72(6)9-3/h71-75,80H,7-70H2,1-6H3,(H,85,86)(H,87,88)/t72?,73-,74+,75+/m0/s1. The van der Waals surface area contributed by atoms with E-state index in [1.807, 2.05) is 0 Å². The molecule has 0 heterocycles. The molecule has 0 aromatic heterocycles. The summed E-state index contributed by atoms with van der Waals surface area (Å²) in [7, 11) is -9.91. The van der Waals surface area contributed by atoms with Crippen molar-refractivity contribution in [1.82, 2.24) is 0 Å². The fourth-order valence-corrected chi connectivity index (χ4v) is 13.7. The number of carbonyl (C=O) groups is 4. The zero-order chi connectivity index (χ0) is 72.1. The van der Waals surface area contributed by atoms with Gasteiger partial charge in [0.15, 0.2) is 12.2 Å². The normalized spacial score (nSPS) is 14.2. The lowest BCUT2D eigenvalue weighted by Gasteiger charge is -2.21. The third-order valence-corrected chi connectivity index (χ3v) is 20.7. The van der Waals surface area contributed by atoms with E-state index in [9.17, 15) is 43.2 Å². The molecule has 17 nitrogen and oxygen atoms in total. The number of unbranched alkanes of at least 4 members (excludes halogenated alkanes) is 47. The number of esters is 4. The molecule has 0 fully saturated rings. The lowest BCUT2D eigenvalue weighted by Crippen LogP contribution is -2.30. The molecule has 0 saturated heterocycles. The van der Waals surface area contributed by atoms with Crippen LogP contribution in [-0.2, 0) is 65.4 Å². The monoisotopic (exact) mass is 1440 g/mol. The van der Waals surface area contributed by atoms with Crippen LogP contribution in [0.15, 0.2) is 0 Å². The Balaban J connectivity index is 5.19. The van der Waals surface area contributed by atoms with Crippen molar-refractivity contribution in [1.29, 1.82) is 0 Å². The van der Waals surface area contributed by atoms with Crippen LogP contribution in [0.2, 0.25) is 0 Å². The van der Waals surface area contributed by atoms with Gasteiger partial charge in [-0.2, -0.15) is 0 Å². The third kappa shape index (κ3) is 71.1. The van der Waals surface area contributed by atoms with Crippen molar-refractivity contribution in [3.63, 3.8) is 0 Å². The lowest BCUT2D eigenvalue weighted by molar-refractivity contribution is -0.161. The van der Waals surface area contributed by atoms with Crippen LogP contribution in [0.4, 0.5) is 0 Å². The Kier molecular flexibility index (Phi) is 69.3. The Morgan fingerprint density at radius 3 is 0.776 bits per heavy atom. The van der Waals surface area contributed by atoms with Gasteiger partial charge in [-0.3, -0.25) is 37.3 Å². The number of aliphatic hydroxyl groups is 1. The molecule has 0 amide bonds. The van der Waals surface area contributed by atoms with E-state index < -0.39 is 97.5 Å². The van der Waals surface area contributed by atoms with Crippen LogP contribution >= 0.6 is 15.6 Å². The van der Waals surface area contributed by atoms with Gasteiger partial charge in [0.1, 0.15) is 19.3 Å². The molecule has 0 aromatic rings. The number of ether oxygens (including phenoxy) is 4. The van der Waals surface area contributed by atoms with Gasteiger partial charge >= 0.3 is 39.5 Å². The van der Waals surface area contributed by atoms with Crippen molar-refractivity contribution >= 4 is 39.5 Å². The summed E-state index contributed by atoms with van der Waals surface area (Å²) < 4.78 is 68.6. The van der Waals surface area contributed by atoms with Crippen LogP contribution in [0, 0.1) is 11.8 Å². The molecule has 98 heavy (non-hydrogen) atoms. The van der Waals surface area contributed by atoms with E-state index in [0.29, 0.717) is 25.7 Å². The number of hydrogen-bond donors (Lipinski definition) is 3. The van der Waals surface area contributed by atoms with E-state index >= 15 is 0 Å². The summed E-state index contributed by atoms with van der Waals surface area (Å²) in [5.41, 5.74) is 0. The lowest BCUT2D eigenvalue weighted by atomic mass is 9.99. The van der Waals surface area contributed by atoms with E-state index in [0.717, 1.165) is 108 Å². The van der Waals surface area contributed by atoms with Crippen LogP contribution in [0.25, 0.3) is 0 Å². The number of phosphoric ester groups is 2. The first-order valence-electron chi connectivity index (χ1n) is 41.0. The number of hydrogen-bond acceptors (Lipinski definition) is 15. The molecule has 0 aliphatic heterocycles. The Bertz CT molecular complexity index is 1890. The maximum atomic E-state index is 13.1. The summed E-state index contributed by atoms with van der Waals surface area (Å²) in [6, 6.07) is 0. The minimum atomic E-state index is -4.96. The summed E-state index contributed by atoms with van der Waals surface area (Å²) in [5, 5.41) is 10.6. The maximum absolute atomic E-state index is 13.1. The predicted octanol–water partition coefficient (Wildman–Crippen LogP) is 23.5. The Hall–Kier alpha value is -1.94. The summed E-state index contributed by atoms with van der Waals surface area (Å²) in [5.74, 6) is -0.490. The molecule has 0 aliphatic carbocycles. The summed E-state index contributed by atoms with van der Waals surface area (Å²) >= 11 is 0. The highest BCUT2D eigenvalue weighted by atomic mass is 31.2. The second kappa shape index (κ2) is 70.7. The second-order valence-corrected chi connectivity index (χ2v) is 32.1. The van der Waals surface area contributed by atoms with Crippen molar-refractivity contribution in [2.24, 2.45) is 11.8 Å². The highest BCUT2D eigenvalue weighted by Crippen LogP contribution is 2.45. The quantitative estimate of drug-likeness (QED) is 0.0222. The third-order valence-electron chi connectivity index (χ3n) is 18.8. The zero-order valence-electron chi connectivity index (χ0n) is 64.1. The molecule has 6 atom stereocenters.